The Morgan fingerprint density at radius 1 is 1.44 bits per heavy atom. The van der Waals surface area contributed by atoms with Crippen LogP contribution in [0.3, 0.4) is 0 Å². The number of aryl methyl sites for hydroxylation is 2. The summed E-state index contributed by atoms with van der Waals surface area (Å²) < 4.78 is 1.92. The number of hydrogen-bond acceptors (Lipinski definition) is 2. The molecule has 0 aliphatic heterocycles. The Kier molecular flexibility index (Phi) is 4.39. The van der Waals surface area contributed by atoms with Gasteiger partial charge in [0.1, 0.15) is 0 Å². The molecule has 0 aromatic carbocycles. The van der Waals surface area contributed by atoms with Crippen LogP contribution in [0.25, 0.3) is 0 Å². The summed E-state index contributed by atoms with van der Waals surface area (Å²) in [5.41, 5.74) is 2.33. The molecule has 0 aliphatic carbocycles. The smallest absolute Gasteiger partial charge is 0.0849 e. The Labute approximate surface area is 103 Å². The number of rotatable bonds is 5. The van der Waals surface area contributed by atoms with Crippen molar-refractivity contribution < 1.29 is 0 Å². The standard InChI is InChI=1S/C12H22ClN3/c1-6-9-11(13)10(16(5)15-9)7-12(2,3)8-14-4/h14H,6-8H2,1-5H3. The van der Waals surface area contributed by atoms with Crippen LogP contribution in [-0.2, 0) is 19.9 Å². The Morgan fingerprint density at radius 2 is 2.06 bits per heavy atom. The molecule has 16 heavy (non-hydrogen) atoms. The maximum Gasteiger partial charge on any atom is 0.0849 e. The molecule has 1 N–H and O–H groups in total. The first-order valence-corrected chi connectivity index (χ1v) is 6.14. The van der Waals surface area contributed by atoms with Gasteiger partial charge in [-0.05, 0) is 25.3 Å². The van der Waals surface area contributed by atoms with Crippen LogP contribution in [0.4, 0.5) is 0 Å². The fraction of sp³-hybridized carbons (Fsp3) is 0.750. The van der Waals surface area contributed by atoms with Gasteiger partial charge < -0.3 is 5.32 Å². The zero-order valence-corrected chi connectivity index (χ0v) is 11.6. The molecule has 0 aliphatic rings. The summed E-state index contributed by atoms with van der Waals surface area (Å²) in [6.07, 6.45) is 1.83. The third-order valence-corrected chi connectivity index (χ3v) is 3.24. The maximum atomic E-state index is 6.33. The first-order chi connectivity index (χ1) is 7.41. The van der Waals surface area contributed by atoms with E-state index in [1.807, 2.05) is 18.8 Å². The molecule has 0 saturated heterocycles. The number of aromatic nitrogens is 2. The Bertz CT molecular complexity index is 355. The number of hydrogen-bond donors (Lipinski definition) is 1. The topological polar surface area (TPSA) is 29.9 Å². The molecule has 1 rings (SSSR count). The van der Waals surface area contributed by atoms with E-state index in [9.17, 15) is 0 Å². The lowest BCUT2D eigenvalue weighted by molar-refractivity contribution is 0.341. The Hall–Kier alpha value is -0.540. The van der Waals surface area contributed by atoms with Crippen molar-refractivity contribution in [2.24, 2.45) is 12.5 Å². The van der Waals surface area contributed by atoms with Gasteiger partial charge in [0.15, 0.2) is 0 Å². The molecular formula is C12H22ClN3. The molecule has 1 heterocycles. The second kappa shape index (κ2) is 5.19. The predicted octanol–water partition coefficient (Wildman–Crippen LogP) is 2.42. The van der Waals surface area contributed by atoms with Gasteiger partial charge in [-0.1, -0.05) is 32.4 Å². The van der Waals surface area contributed by atoms with Crippen LogP contribution < -0.4 is 5.32 Å². The minimum atomic E-state index is 0.192. The number of nitrogens with one attached hydrogen (secondary N) is 1. The van der Waals surface area contributed by atoms with E-state index in [0.717, 1.165) is 35.8 Å². The molecule has 0 unspecified atom stereocenters. The molecule has 0 saturated carbocycles. The van der Waals surface area contributed by atoms with Crippen LogP contribution in [0, 0.1) is 5.41 Å². The SMILES string of the molecule is CCc1nn(C)c(CC(C)(C)CNC)c1Cl. The van der Waals surface area contributed by atoms with Crippen molar-refractivity contribution in [3.05, 3.63) is 16.4 Å². The van der Waals surface area contributed by atoms with Gasteiger partial charge in [-0.3, -0.25) is 4.68 Å². The summed E-state index contributed by atoms with van der Waals surface area (Å²) >= 11 is 6.33. The highest BCUT2D eigenvalue weighted by Gasteiger charge is 2.23. The lowest BCUT2D eigenvalue weighted by Crippen LogP contribution is -2.29. The monoisotopic (exact) mass is 243 g/mol. The van der Waals surface area contributed by atoms with Crippen LogP contribution in [0.15, 0.2) is 0 Å². The highest BCUT2D eigenvalue weighted by Crippen LogP contribution is 2.28. The second-order valence-corrected chi connectivity index (χ2v) is 5.43. The van der Waals surface area contributed by atoms with Gasteiger partial charge in [0, 0.05) is 13.6 Å². The molecule has 3 nitrogen and oxygen atoms in total. The van der Waals surface area contributed by atoms with Crippen molar-refractivity contribution in [1.82, 2.24) is 15.1 Å². The zero-order chi connectivity index (χ0) is 12.3. The van der Waals surface area contributed by atoms with Gasteiger partial charge in [0.2, 0.25) is 0 Å². The lowest BCUT2D eigenvalue weighted by atomic mass is 9.87. The van der Waals surface area contributed by atoms with Crippen LogP contribution in [0.2, 0.25) is 5.02 Å². The van der Waals surface area contributed by atoms with Crippen LogP contribution in [0.5, 0.6) is 0 Å². The average Bonchev–Trinajstić information content (AvgIpc) is 2.45. The van der Waals surface area contributed by atoms with Gasteiger partial charge in [0.25, 0.3) is 0 Å². The summed E-state index contributed by atoms with van der Waals surface area (Å²) in [6, 6.07) is 0. The average molecular weight is 244 g/mol. The van der Waals surface area contributed by atoms with Crippen molar-refractivity contribution in [3.8, 4) is 0 Å². The van der Waals surface area contributed by atoms with Crippen LogP contribution in [-0.4, -0.2) is 23.4 Å². The summed E-state index contributed by atoms with van der Waals surface area (Å²) in [7, 11) is 3.94. The molecule has 0 atom stereocenters. The molecule has 0 radical (unpaired) electrons. The third-order valence-electron chi connectivity index (χ3n) is 2.80. The van der Waals surface area contributed by atoms with E-state index in [4.69, 9.17) is 11.6 Å². The molecule has 1 aromatic heterocycles. The molecule has 0 spiro atoms. The highest BCUT2D eigenvalue weighted by molar-refractivity contribution is 6.31. The van der Waals surface area contributed by atoms with Gasteiger partial charge in [0.05, 0.1) is 16.4 Å². The summed E-state index contributed by atoms with van der Waals surface area (Å²) in [4.78, 5) is 0. The first-order valence-electron chi connectivity index (χ1n) is 5.76. The van der Waals surface area contributed by atoms with Crippen molar-refractivity contribution in [1.29, 1.82) is 0 Å². The lowest BCUT2D eigenvalue weighted by Gasteiger charge is -2.24. The third kappa shape index (κ3) is 2.98. The molecule has 0 fully saturated rings. The van der Waals surface area contributed by atoms with Gasteiger partial charge in [-0.2, -0.15) is 5.10 Å². The van der Waals surface area contributed by atoms with Crippen molar-refractivity contribution in [2.45, 2.75) is 33.6 Å². The van der Waals surface area contributed by atoms with E-state index in [0.29, 0.717) is 0 Å². The summed E-state index contributed by atoms with van der Waals surface area (Å²) in [5.74, 6) is 0. The fourth-order valence-corrected chi connectivity index (χ4v) is 2.37. The van der Waals surface area contributed by atoms with Crippen molar-refractivity contribution in [2.75, 3.05) is 13.6 Å². The molecule has 1 aromatic rings. The minimum absolute atomic E-state index is 0.192. The van der Waals surface area contributed by atoms with E-state index in [2.05, 4.69) is 31.2 Å². The summed E-state index contributed by atoms with van der Waals surface area (Å²) in [5, 5.41) is 8.49. The quantitative estimate of drug-likeness (QED) is 0.861. The minimum Gasteiger partial charge on any atom is -0.319 e. The molecule has 0 bridgehead atoms. The maximum absolute atomic E-state index is 6.33. The van der Waals surface area contributed by atoms with Gasteiger partial charge in [-0.15, -0.1) is 0 Å². The van der Waals surface area contributed by atoms with E-state index in [1.165, 1.54) is 0 Å². The fourth-order valence-electron chi connectivity index (χ4n) is 2.01. The van der Waals surface area contributed by atoms with Gasteiger partial charge >= 0.3 is 0 Å². The number of halogens is 1. The van der Waals surface area contributed by atoms with Crippen molar-refractivity contribution in [3.63, 3.8) is 0 Å². The number of nitrogens with zero attached hydrogens (tertiary/aromatic N) is 2. The van der Waals surface area contributed by atoms with Crippen molar-refractivity contribution >= 4 is 11.6 Å². The van der Waals surface area contributed by atoms with E-state index in [1.54, 1.807) is 0 Å². The van der Waals surface area contributed by atoms with Gasteiger partial charge in [-0.25, -0.2) is 0 Å². The van der Waals surface area contributed by atoms with E-state index >= 15 is 0 Å². The largest absolute Gasteiger partial charge is 0.319 e. The second-order valence-electron chi connectivity index (χ2n) is 5.06. The highest BCUT2D eigenvalue weighted by atomic mass is 35.5. The zero-order valence-electron chi connectivity index (χ0n) is 10.9. The Balaban J connectivity index is 2.92. The molecular weight excluding hydrogens is 222 g/mol. The van der Waals surface area contributed by atoms with Crippen LogP contribution >= 0.6 is 11.6 Å². The Morgan fingerprint density at radius 3 is 2.50 bits per heavy atom. The summed E-state index contributed by atoms with van der Waals surface area (Å²) in [6.45, 7) is 7.52. The van der Waals surface area contributed by atoms with E-state index < -0.39 is 0 Å². The normalized spacial score (nSPS) is 12.1. The first kappa shape index (κ1) is 13.5. The van der Waals surface area contributed by atoms with E-state index in [-0.39, 0.29) is 5.41 Å². The predicted molar refractivity (Wildman–Crippen MR) is 69.0 cm³/mol. The molecule has 4 heteroatoms. The van der Waals surface area contributed by atoms with Crippen LogP contribution in [0.1, 0.15) is 32.2 Å². The molecule has 92 valence electrons. The molecule has 0 amide bonds.